The molecule has 0 aliphatic heterocycles. The Balaban J connectivity index is 1.94. The Morgan fingerprint density at radius 2 is 2.18 bits per heavy atom. The van der Waals surface area contributed by atoms with Crippen molar-refractivity contribution in [2.75, 3.05) is 0 Å². The molecule has 1 unspecified atom stereocenters. The van der Waals surface area contributed by atoms with Crippen LogP contribution in [0, 0.1) is 6.92 Å². The number of aromatic nitrogens is 2. The van der Waals surface area contributed by atoms with E-state index in [0.717, 1.165) is 12.2 Å². The Bertz CT molecular complexity index is 488. The number of nitrogens with one attached hydrogen (secondary N) is 1. The van der Waals surface area contributed by atoms with Crippen molar-refractivity contribution in [2.24, 2.45) is 7.05 Å². The molecule has 17 heavy (non-hydrogen) atoms. The van der Waals surface area contributed by atoms with E-state index in [1.54, 1.807) is 0 Å². The van der Waals surface area contributed by atoms with Gasteiger partial charge in [0.05, 0.1) is 5.69 Å². The fourth-order valence-corrected chi connectivity index (χ4v) is 1.86. The summed E-state index contributed by atoms with van der Waals surface area (Å²) in [5.74, 6) is 0. The molecule has 1 aromatic carbocycles. The molecular weight excluding hydrogens is 210 g/mol. The lowest BCUT2D eigenvalue weighted by molar-refractivity contribution is 0.551. The Labute approximate surface area is 102 Å². The summed E-state index contributed by atoms with van der Waals surface area (Å²) in [5, 5.41) is 7.87. The zero-order chi connectivity index (χ0) is 12.3. The average molecular weight is 229 g/mol. The van der Waals surface area contributed by atoms with Crippen molar-refractivity contribution in [3.05, 3.63) is 53.3 Å². The first kappa shape index (κ1) is 11.9. The van der Waals surface area contributed by atoms with Crippen LogP contribution in [0.3, 0.4) is 0 Å². The minimum Gasteiger partial charge on any atom is -0.305 e. The van der Waals surface area contributed by atoms with Gasteiger partial charge in [0.15, 0.2) is 0 Å². The highest BCUT2D eigenvalue weighted by molar-refractivity contribution is 5.22. The van der Waals surface area contributed by atoms with E-state index in [9.17, 15) is 0 Å². The highest BCUT2D eigenvalue weighted by Gasteiger charge is 2.07. The lowest BCUT2D eigenvalue weighted by Gasteiger charge is -2.11. The summed E-state index contributed by atoms with van der Waals surface area (Å²) in [5.41, 5.74) is 3.70. The van der Waals surface area contributed by atoms with Crippen molar-refractivity contribution >= 4 is 0 Å². The van der Waals surface area contributed by atoms with E-state index in [4.69, 9.17) is 0 Å². The Morgan fingerprint density at radius 1 is 1.35 bits per heavy atom. The predicted octanol–water partition coefficient (Wildman–Crippen LogP) is 2.58. The second-order valence-electron chi connectivity index (χ2n) is 4.51. The first-order valence-corrected chi connectivity index (χ1v) is 5.93. The van der Waals surface area contributed by atoms with Crippen LogP contribution in [0.4, 0.5) is 0 Å². The van der Waals surface area contributed by atoms with Crippen molar-refractivity contribution in [3.8, 4) is 0 Å². The molecule has 0 amide bonds. The summed E-state index contributed by atoms with van der Waals surface area (Å²) in [4.78, 5) is 0. The van der Waals surface area contributed by atoms with E-state index >= 15 is 0 Å². The maximum Gasteiger partial charge on any atom is 0.0791 e. The van der Waals surface area contributed by atoms with Gasteiger partial charge in [-0.15, -0.1) is 0 Å². The third-order valence-corrected chi connectivity index (χ3v) is 2.87. The van der Waals surface area contributed by atoms with E-state index in [2.05, 4.69) is 48.5 Å². The van der Waals surface area contributed by atoms with Gasteiger partial charge in [0.2, 0.25) is 0 Å². The molecule has 1 heterocycles. The van der Waals surface area contributed by atoms with Gasteiger partial charge < -0.3 is 5.32 Å². The summed E-state index contributed by atoms with van der Waals surface area (Å²) < 4.78 is 1.83. The number of hydrogen-bond donors (Lipinski definition) is 1. The van der Waals surface area contributed by atoms with Crippen molar-refractivity contribution in [2.45, 2.75) is 26.4 Å². The number of aryl methyl sites for hydroxylation is 2. The normalized spacial score (nSPS) is 12.6. The first-order valence-electron chi connectivity index (χ1n) is 5.93. The van der Waals surface area contributed by atoms with E-state index in [0.29, 0.717) is 0 Å². The molecule has 90 valence electrons. The molecule has 0 aliphatic carbocycles. The summed E-state index contributed by atoms with van der Waals surface area (Å²) >= 11 is 0. The lowest BCUT2D eigenvalue weighted by atomic mass is 10.1. The Kier molecular flexibility index (Phi) is 3.59. The summed E-state index contributed by atoms with van der Waals surface area (Å²) in [6.45, 7) is 5.13. The van der Waals surface area contributed by atoms with Gasteiger partial charge in [0.25, 0.3) is 0 Å². The van der Waals surface area contributed by atoms with E-state index in [1.165, 1.54) is 11.1 Å². The van der Waals surface area contributed by atoms with Gasteiger partial charge in [-0.1, -0.05) is 29.8 Å². The number of rotatable bonds is 4. The monoisotopic (exact) mass is 229 g/mol. The molecule has 0 fully saturated rings. The van der Waals surface area contributed by atoms with Gasteiger partial charge in [-0.25, -0.2) is 0 Å². The molecule has 1 aromatic heterocycles. The standard InChI is InChI=1S/C14H19N3/c1-11-5-4-6-13(9-11)10-15-12(2)14-7-8-17(3)16-14/h4-9,12,15H,10H2,1-3H3. The zero-order valence-corrected chi connectivity index (χ0v) is 10.6. The van der Waals surface area contributed by atoms with Crippen LogP contribution < -0.4 is 5.32 Å². The molecule has 0 bridgehead atoms. The predicted molar refractivity (Wildman–Crippen MR) is 69.6 cm³/mol. The molecule has 1 atom stereocenters. The van der Waals surface area contributed by atoms with Crippen LogP contribution in [0.5, 0.6) is 0 Å². The number of hydrogen-bond acceptors (Lipinski definition) is 2. The van der Waals surface area contributed by atoms with Crippen LogP contribution in [0.1, 0.15) is 29.8 Å². The summed E-state index contributed by atoms with van der Waals surface area (Å²) in [7, 11) is 1.94. The molecule has 0 saturated carbocycles. The molecule has 2 aromatic rings. The Hall–Kier alpha value is -1.61. The van der Waals surface area contributed by atoms with E-state index < -0.39 is 0 Å². The van der Waals surface area contributed by atoms with Gasteiger partial charge in [0, 0.05) is 25.8 Å². The van der Waals surface area contributed by atoms with Crippen molar-refractivity contribution in [1.82, 2.24) is 15.1 Å². The second kappa shape index (κ2) is 5.15. The van der Waals surface area contributed by atoms with Gasteiger partial charge >= 0.3 is 0 Å². The Morgan fingerprint density at radius 3 is 2.82 bits per heavy atom. The molecule has 0 radical (unpaired) electrons. The third-order valence-electron chi connectivity index (χ3n) is 2.87. The second-order valence-corrected chi connectivity index (χ2v) is 4.51. The highest BCUT2D eigenvalue weighted by atomic mass is 15.3. The third kappa shape index (κ3) is 3.17. The molecular formula is C14H19N3. The molecule has 0 aliphatic rings. The van der Waals surface area contributed by atoms with Crippen LogP contribution in [-0.2, 0) is 13.6 Å². The minimum atomic E-state index is 0.275. The van der Waals surface area contributed by atoms with Gasteiger partial charge in [-0.05, 0) is 25.5 Å². The largest absolute Gasteiger partial charge is 0.305 e. The van der Waals surface area contributed by atoms with E-state index in [-0.39, 0.29) is 6.04 Å². The van der Waals surface area contributed by atoms with Crippen LogP contribution in [-0.4, -0.2) is 9.78 Å². The number of benzene rings is 1. The fraction of sp³-hybridized carbons (Fsp3) is 0.357. The van der Waals surface area contributed by atoms with Crippen LogP contribution in [0.2, 0.25) is 0 Å². The summed E-state index contributed by atoms with van der Waals surface area (Å²) in [6, 6.07) is 10.9. The number of nitrogens with zero attached hydrogens (tertiary/aromatic N) is 2. The van der Waals surface area contributed by atoms with Crippen LogP contribution >= 0.6 is 0 Å². The van der Waals surface area contributed by atoms with Crippen molar-refractivity contribution in [1.29, 1.82) is 0 Å². The average Bonchev–Trinajstić information content (AvgIpc) is 2.73. The smallest absolute Gasteiger partial charge is 0.0791 e. The maximum atomic E-state index is 4.39. The molecule has 0 saturated heterocycles. The first-order chi connectivity index (χ1) is 8.15. The molecule has 2 rings (SSSR count). The quantitative estimate of drug-likeness (QED) is 0.873. The van der Waals surface area contributed by atoms with Crippen molar-refractivity contribution < 1.29 is 0 Å². The van der Waals surface area contributed by atoms with Crippen LogP contribution in [0.15, 0.2) is 36.5 Å². The van der Waals surface area contributed by atoms with E-state index in [1.807, 2.05) is 24.0 Å². The fourth-order valence-electron chi connectivity index (χ4n) is 1.86. The van der Waals surface area contributed by atoms with Gasteiger partial charge in [-0.2, -0.15) is 5.10 Å². The highest BCUT2D eigenvalue weighted by Crippen LogP contribution is 2.10. The molecule has 3 nitrogen and oxygen atoms in total. The minimum absolute atomic E-state index is 0.275. The molecule has 3 heteroatoms. The SMILES string of the molecule is Cc1cccc(CNC(C)c2ccn(C)n2)c1. The lowest BCUT2D eigenvalue weighted by Crippen LogP contribution is -2.18. The maximum absolute atomic E-state index is 4.39. The topological polar surface area (TPSA) is 29.9 Å². The van der Waals surface area contributed by atoms with Gasteiger partial charge in [0.1, 0.15) is 0 Å². The van der Waals surface area contributed by atoms with Crippen molar-refractivity contribution in [3.63, 3.8) is 0 Å². The zero-order valence-electron chi connectivity index (χ0n) is 10.6. The van der Waals surface area contributed by atoms with Gasteiger partial charge in [-0.3, -0.25) is 4.68 Å². The molecule has 1 N–H and O–H groups in total. The van der Waals surface area contributed by atoms with Crippen LogP contribution in [0.25, 0.3) is 0 Å². The molecule has 0 spiro atoms. The summed E-state index contributed by atoms with van der Waals surface area (Å²) in [6.07, 6.45) is 1.97.